The van der Waals surface area contributed by atoms with Crippen molar-refractivity contribution in [3.05, 3.63) is 18.4 Å². The number of aliphatic hydroxyl groups is 1. The van der Waals surface area contributed by atoms with Gasteiger partial charge in [-0.15, -0.1) is 0 Å². The lowest BCUT2D eigenvalue weighted by Crippen LogP contribution is -2.17. The largest absolute Gasteiger partial charge is 0.510 e. The van der Waals surface area contributed by atoms with Crippen LogP contribution in [0, 0.1) is 11.3 Å². The van der Waals surface area contributed by atoms with E-state index in [0.717, 1.165) is 25.0 Å². The summed E-state index contributed by atoms with van der Waals surface area (Å²) in [4.78, 5) is 4.01. The number of rotatable bonds is 3. The molecular formula is C15H25N3O. The van der Waals surface area contributed by atoms with Crippen molar-refractivity contribution >= 4 is 5.70 Å². The zero-order chi connectivity index (χ0) is 13.9. The molecule has 1 N–H and O–H groups in total. The van der Waals surface area contributed by atoms with Gasteiger partial charge in [-0.1, -0.05) is 40.0 Å². The summed E-state index contributed by atoms with van der Waals surface area (Å²) < 4.78 is 1.73. The second-order valence-corrected chi connectivity index (χ2v) is 6.74. The fourth-order valence-electron chi connectivity index (χ4n) is 2.75. The third-order valence-electron chi connectivity index (χ3n) is 3.68. The first kappa shape index (κ1) is 14.1. The minimum Gasteiger partial charge on any atom is -0.510 e. The summed E-state index contributed by atoms with van der Waals surface area (Å²) in [6, 6.07) is 0. The zero-order valence-electron chi connectivity index (χ0n) is 12.3. The van der Waals surface area contributed by atoms with E-state index in [9.17, 15) is 5.11 Å². The Morgan fingerprint density at radius 2 is 1.95 bits per heavy atom. The van der Waals surface area contributed by atoms with Crippen LogP contribution in [0.1, 0.15) is 59.3 Å². The van der Waals surface area contributed by atoms with Crippen LogP contribution < -0.4 is 0 Å². The lowest BCUT2D eigenvalue weighted by molar-refractivity contribution is 0.270. The van der Waals surface area contributed by atoms with Gasteiger partial charge in [-0.3, -0.25) is 0 Å². The smallest absolute Gasteiger partial charge is 0.138 e. The van der Waals surface area contributed by atoms with Crippen LogP contribution in [0.2, 0.25) is 0 Å². The lowest BCUT2D eigenvalue weighted by Gasteiger charge is -2.26. The minimum absolute atomic E-state index is 0.115. The molecule has 19 heavy (non-hydrogen) atoms. The molecule has 0 saturated heterocycles. The number of allylic oxidation sites excluding steroid dienone is 2. The molecule has 1 aliphatic rings. The van der Waals surface area contributed by atoms with Crippen molar-refractivity contribution in [1.29, 1.82) is 0 Å². The van der Waals surface area contributed by atoms with Gasteiger partial charge < -0.3 is 5.11 Å². The van der Waals surface area contributed by atoms with Crippen LogP contribution >= 0.6 is 0 Å². The van der Waals surface area contributed by atoms with Crippen molar-refractivity contribution in [2.45, 2.75) is 59.3 Å². The quantitative estimate of drug-likeness (QED) is 0.838. The van der Waals surface area contributed by atoms with E-state index in [0.29, 0.717) is 11.7 Å². The third kappa shape index (κ3) is 3.82. The molecule has 2 rings (SSSR count). The molecule has 106 valence electrons. The number of hydrogen-bond acceptors (Lipinski definition) is 3. The molecular weight excluding hydrogens is 238 g/mol. The highest BCUT2D eigenvalue weighted by atomic mass is 16.3. The molecule has 1 aromatic rings. The van der Waals surface area contributed by atoms with Crippen molar-refractivity contribution in [3.8, 4) is 0 Å². The first-order valence-corrected chi connectivity index (χ1v) is 7.24. The molecule has 4 heteroatoms. The SMILES string of the molecule is CC(C)(C)CC(=C(O)C1CCCCC1)n1cncn1. The van der Waals surface area contributed by atoms with E-state index < -0.39 is 0 Å². The molecule has 1 aliphatic carbocycles. The first-order chi connectivity index (χ1) is 8.97. The Hall–Kier alpha value is -1.32. The molecule has 1 saturated carbocycles. The van der Waals surface area contributed by atoms with Gasteiger partial charge in [0.2, 0.25) is 0 Å². The monoisotopic (exact) mass is 263 g/mol. The summed E-state index contributed by atoms with van der Waals surface area (Å²) in [5.41, 5.74) is 1.03. The van der Waals surface area contributed by atoms with E-state index >= 15 is 0 Å². The molecule has 1 heterocycles. The molecule has 0 radical (unpaired) electrons. The molecule has 1 aromatic heterocycles. The van der Waals surface area contributed by atoms with Gasteiger partial charge in [-0.25, -0.2) is 9.67 Å². The van der Waals surface area contributed by atoms with Crippen LogP contribution in [0.4, 0.5) is 0 Å². The minimum atomic E-state index is 0.115. The third-order valence-corrected chi connectivity index (χ3v) is 3.68. The molecule has 0 spiro atoms. The highest BCUT2D eigenvalue weighted by molar-refractivity contribution is 5.48. The molecule has 1 fully saturated rings. The van der Waals surface area contributed by atoms with Crippen LogP contribution in [0.5, 0.6) is 0 Å². The van der Waals surface area contributed by atoms with E-state index in [2.05, 4.69) is 30.9 Å². The average molecular weight is 263 g/mol. The molecule has 0 aliphatic heterocycles. The van der Waals surface area contributed by atoms with Crippen molar-refractivity contribution in [1.82, 2.24) is 14.8 Å². The van der Waals surface area contributed by atoms with E-state index in [1.807, 2.05) is 0 Å². The maximum atomic E-state index is 10.7. The van der Waals surface area contributed by atoms with Crippen LogP contribution in [-0.4, -0.2) is 19.9 Å². The Balaban J connectivity index is 2.29. The Labute approximate surface area is 115 Å². The molecule has 0 atom stereocenters. The van der Waals surface area contributed by atoms with Gasteiger partial charge in [0.1, 0.15) is 18.4 Å². The molecule has 0 aromatic carbocycles. The summed E-state index contributed by atoms with van der Waals surface area (Å²) in [7, 11) is 0. The Morgan fingerprint density at radius 3 is 2.47 bits per heavy atom. The Morgan fingerprint density at radius 1 is 1.26 bits per heavy atom. The van der Waals surface area contributed by atoms with Crippen LogP contribution in [0.15, 0.2) is 18.4 Å². The highest BCUT2D eigenvalue weighted by Crippen LogP contribution is 2.35. The Bertz CT molecular complexity index is 423. The Kier molecular flexibility index (Phi) is 4.27. The molecule has 0 bridgehead atoms. The maximum absolute atomic E-state index is 10.7. The van der Waals surface area contributed by atoms with Crippen molar-refractivity contribution in [3.63, 3.8) is 0 Å². The molecule has 4 nitrogen and oxygen atoms in total. The predicted octanol–water partition coefficient (Wildman–Crippen LogP) is 4.02. The van der Waals surface area contributed by atoms with Crippen LogP contribution in [0.25, 0.3) is 5.70 Å². The number of nitrogens with zero attached hydrogens (tertiary/aromatic N) is 3. The topological polar surface area (TPSA) is 50.9 Å². The number of hydrogen-bond donors (Lipinski definition) is 1. The number of aromatic nitrogens is 3. The van der Waals surface area contributed by atoms with Gasteiger partial charge in [-0.2, -0.15) is 5.10 Å². The van der Waals surface area contributed by atoms with Crippen molar-refractivity contribution < 1.29 is 5.11 Å². The average Bonchev–Trinajstić information content (AvgIpc) is 2.89. The van der Waals surface area contributed by atoms with Crippen LogP contribution in [0.3, 0.4) is 0 Å². The summed E-state index contributed by atoms with van der Waals surface area (Å²) in [6.45, 7) is 6.54. The second kappa shape index (κ2) is 5.76. The normalized spacial score (nSPS) is 19.3. The van der Waals surface area contributed by atoms with Gasteiger partial charge in [0.15, 0.2) is 0 Å². The van der Waals surface area contributed by atoms with Gasteiger partial charge in [0.05, 0.1) is 5.70 Å². The van der Waals surface area contributed by atoms with Gasteiger partial charge in [-0.05, 0) is 24.7 Å². The fourth-order valence-corrected chi connectivity index (χ4v) is 2.75. The summed E-state index contributed by atoms with van der Waals surface area (Å²) >= 11 is 0. The second-order valence-electron chi connectivity index (χ2n) is 6.74. The first-order valence-electron chi connectivity index (χ1n) is 7.24. The zero-order valence-corrected chi connectivity index (χ0v) is 12.3. The molecule has 0 amide bonds. The van der Waals surface area contributed by atoms with E-state index in [4.69, 9.17) is 0 Å². The summed E-state index contributed by atoms with van der Waals surface area (Å²) in [5, 5.41) is 14.9. The maximum Gasteiger partial charge on any atom is 0.138 e. The van der Waals surface area contributed by atoms with E-state index in [1.54, 1.807) is 11.0 Å². The fraction of sp³-hybridized carbons (Fsp3) is 0.733. The van der Waals surface area contributed by atoms with Gasteiger partial charge in [0.25, 0.3) is 0 Å². The van der Waals surface area contributed by atoms with Crippen LogP contribution in [-0.2, 0) is 0 Å². The predicted molar refractivity (Wildman–Crippen MR) is 76.5 cm³/mol. The lowest BCUT2D eigenvalue weighted by atomic mass is 9.84. The highest BCUT2D eigenvalue weighted by Gasteiger charge is 2.25. The van der Waals surface area contributed by atoms with E-state index in [-0.39, 0.29) is 5.41 Å². The summed E-state index contributed by atoms with van der Waals surface area (Å²) in [6.07, 6.45) is 9.92. The van der Waals surface area contributed by atoms with Gasteiger partial charge >= 0.3 is 0 Å². The standard InChI is InChI=1S/C15H25N3O/c1-15(2,3)9-13(18-11-16-10-17-18)14(19)12-7-5-4-6-8-12/h10-12,19H,4-9H2,1-3H3. The van der Waals surface area contributed by atoms with Crippen molar-refractivity contribution in [2.75, 3.05) is 0 Å². The summed E-state index contributed by atoms with van der Waals surface area (Å²) in [5.74, 6) is 0.829. The molecule has 0 unspecified atom stereocenters. The number of aliphatic hydroxyl groups excluding tert-OH is 1. The van der Waals surface area contributed by atoms with Gasteiger partial charge in [0, 0.05) is 5.92 Å². The van der Waals surface area contributed by atoms with E-state index in [1.165, 1.54) is 25.6 Å². The van der Waals surface area contributed by atoms with Crippen molar-refractivity contribution in [2.24, 2.45) is 11.3 Å².